The number of aromatic nitrogens is 5. The molecule has 37 heavy (non-hydrogen) atoms. The van der Waals surface area contributed by atoms with Crippen molar-refractivity contribution in [1.82, 2.24) is 29.8 Å². The maximum Gasteiger partial charge on any atom is 0.251 e. The van der Waals surface area contributed by atoms with E-state index in [0.29, 0.717) is 34.9 Å². The molecule has 1 fully saturated rings. The molecular formula is C26H29N7O4. The van der Waals surface area contributed by atoms with E-state index in [9.17, 15) is 15.0 Å². The monoisotopic (exact) mass is 503 g/mol. The molecule has 0 radical (unpaired) electrons. The molecule has 1 saturated heterocycles. The van der Waals surface area contributed by atoms with Crippen molar-refractivity contribution >= 4 is 22.9 Å². The van der Waals surface area contributed by atoms with Crippen LogP contribution in [0.1, 0.15) is 28.5 Å². The number of hydrogen-bond donors (Lipinski definition) is 4. The van der Waals surface area contributed by atoms with Crippen LogP contribution in [0, 0.1) is 20.8 Å². The lowest BCUT2D eigenvalue weighted by Gasteiger charge is -2.17. The summed E-state index contributed by atoms with van der Waals surface area (Å²) in [5.74, 6) is 0.370. The van der Waals surface area contributed by atoms with Crippen LogP contribution in [0.15, 0.2) is 43.0 Å². The van der Waals surface area contributed by atoms with Crippen LogP contribution >= 0.6 is 0 Å². The molecule has 4 atom stereocenters. The van der Waals surface area contributed by atoms with E-state index in [0.717, 1.165) is 22.3 Å². The summed E-state index contributed by atoms with van der Waals surface area (Å²) in [6.07, 6.45) is -0.201. The summed E-state index contributed by atoms with van der Waals surface area (Å²) in [5.41, 5.74) is 5.92. The number of nitrogens with one attached hydrogen (secondary N) is 2. The SMILES string of the molecule is CNC(=O)[C@@H]1OC(n2cnc3c(NCc4cc(C)cc(C)c4)nc(-c4cncc(C)c4)nc32)C(O)C1O. The van der Waals surface area contributed by atoms with E-state index >= 15 is 0 Å². The maximum atomic E-state index is 12.2. The zero-order valence-electron chi connectivity index (χ0n) is 21.0. The Morgan fingerprint density at radius 2 is 1.78 bits per heavy atom. The number of aryl methyl sites for hydroxylation is 3. The molecule has 1 amide bonds. The first-order valence-electron chi connectivity index (χ1n) is 12.0. The minimum Gasteiger partial charge on any atom is -0.387 e. The number of aliphatic hydroxyl groups is 2. The van der Waals surface area contributed by atoms with Gasteiger partial charge in [0.1, 0.15) is 12.2 Å². The lowest BCUT2D eigenvalue weighted by Crippen LogP contribution is -2.41. The lowest BCUT2D eigenvalue weighted by molar-refractivity contribution is -0.137. The highest BCUT2D eigenvalue weighted by Gasteiger charge is 2.47. The topological polar surface area (TPSA) is 147 Å². The molecule has 3 unspecified atom stereocenters. The van der Waals surface area contributed by atoms with Crippen LogP contribution in [-0.2, 0) is 16.1 Å². The van der Waals surface area contributed by atoms with Crippen molar-refractivity contribution in [3.8, 4) is 11.4 Å². The summed E-state index contributed by atoms with van der Waals surface area (Å²) in [4.78, 5) is 30.4. The van der Waals surface area contributed by atoms with E-state index in [4.69, 9.17) is 14.7 Å². The van der Waals surface area contributed by atoms with Crippen LogP contribution in [0.25, 0.3) is 22.6 Å². The van der Waals surface area contributed by atoms with Gasteiger partial charge in [0, 0.05) is 31.5 Å². The molecular weight excluding hydrogens is 474 g/mol. The number of amides is 1. The number of rotatable bonds is 6. The Morgan fingerprint density at radius 3 is 2.49 bits per heavy atom. The van der Waals surface area contributed by atoms with Gasteiger partial charge in [0.05, 0.1) is 6.33 Å². The fourth-order valence-corrected chi connectivity index (χ4v) is 4.64. The van der Waals surface area contributed by atoms with Gasteiger partial charge < -0.3 is 25.6 Å². The van der Waals surface area contributed by atoms with Gasteiger partial charge in [0.25, 0.3) is 5.91 Å². The van der Waals surface area contributed by atoms with Gasteiger partial charge in [-0.05, 0) is 38.0 Å². The van der Waals surface area contributed by atoms with E-state index in [2.05, 4.69) is 52.6 Å². The van der Waals surface area contributed by atoms with Gasteiger partial charge in [-0.25, -0.2) is 15.0 Å². The molecule has 192 valence electrons. The third-order valence-electron chi connectivity index (χ3n) is 6.31. The Kier molecular flexibility index (Phi) is 6.59. The molecule has 11 nitrogen and oxygen atoms in total. The predicted molar refractivity (Wildman–Crippen MR) is 137 cm³/mol. The molecule has 4 heterocycles. The van der Waals surface area contributed by atoms with Gasteiger partial charge in [-0.15, -0.1) is 0 Å². The van der Waals surface area contributed by atoms with Crippen LogP contribution in [0.5, 0.6) is 0 Å². The summed E-state index contributed by atoms with van der Waals surface area (Å²) < 4.78 is 7.29. The number of carbonyl (C=O) groups is 1. The van der Waals surface area contributed by atoms with Crippen LogP contribution in [0.2, 0.25) is 0 Å². The standard InChI is InChI=1S/C26H29N7O4/c1-13-5-14(2)7-16(6-13)10-29-23-18-24(32-22(31-23)17-8-15(3)9-28-11-17)33(12-30-18)26-20(35)19(34)21(37-26)25(36)27-4/h5-9,11-12,19-21,26,34-35H,10H2,1-4H3,(H,27,36)(H,29,31,32)/t19?,20?,21-,26?/m1/s1. The summed E-state index contributed by atoms with van der Waals surface area (Å²) in [5, 5.41) is 27.0. The Labute approximate surface area is 213 Å². The largest absolute Gasteiger partial charge is 0.387 e. The van der Waals surface area contributed by atoms with Crippen molar-refractivity contribution in [2.75, 3.05) is 12.4 Å². The number of ether oxygens (including phenoxy) is 1. The molecule has 1 aliphatic rings. The van der Waals surface area contributed by atoms with Gasteiger partial charge in [0.15, 0.2) is 35.1 Å². The van der Waals surface area contributed by atoms with Crippen LogP contribution in [0.4, 0.5) is 5.82 Å². The fraction of sp³-hybridized carbons (Fsp3) is 0.346. The number of aliphatic hydroxyl groups excluding tert-OH is 2. The molecule has 4 aromatic rings. The summed E-state index contributed by atoms with van der Waals surface area (Å²) in [6, 6.07) is 8.25. The van der Waals surface area contributed by atoms with Crippen molar-refractivity contribution in [1.29, 1.82) is 0 Å². The first kappa shape index (κ1) is 24.8. The highest BCUT2D eigenvalue weighted by atomic mass is 16.6. The number of carbonyl (C=O) groups excluding carboxylic acids is 1. The zero-order valence-corrected chi connectivity index (χ0v) is 21.0. The Bertz CT molecular complexity index is 1450. The maximum absolute atomic E-state index is 12.2. The van der Waals surface area contributed by atoms with Crippen molar-refractivity contribution in [2.45, 2.75) is 51.9 Å². The third-order valence-corrected chi connectivity index (χ3v) is 6.31. The van der Waals surface area contributed by atoms with Crippen molar-refractivity contribution in [2.24, 2.45) is 0 Å². The summed E-state index contributed by atoms with van der Waals surface area (Å²) in [7, 11) is 1.44. The van der Waals surface area contributed by atoms with Gasteiger partial charge >= 0.3 is 0 Å². The van der Waals surface area contributed by atoms with E-state index < -0.39 is 30.4 Å². The number of imidazole rings is 1. The quantitative estimate of drug-likeness (QED) is 0.309. The van der Waals surface area contributed by atoms with Gasteiger partial charge in [-0.2, -0.15) is 0 Å². The van der Waals surface area contributed by atoms with E-state index in [1.807, 2.05) is 13.0 Å². The fourth-order valence-electron chi connectivity index (χ4n) is 4.64. The van der Waals surface area contributed by atoms with Crippen molar-refractivity contribution < 1.29 is 19.7 Å². The average Bonchev–Trinajstić information content (AvgIpc) is 3.42. The highest BCUT2D eigenvalue weighted by molar-refractivity contribution is 5.85. The molecule has 0 spiro atoms. The van der Waals surface area contributed by atoms with E-state index in [1.54, 1.807) is 12.4 Å². The Morgan fingerprint density at radius 1 is 1.03 bits per heavy atom. The molecule has 0 bridgehead atoms. The molecule has 5 rings (SSSR count). The van der Waals surface area contributed by atoms with Crippen molar-refractivity contribution in [3.63, 3.8) is 0 Å². The van der Waals surface area contributed by atoms with Gasteiger partial charge in [0.2, 0.25) is 0 Å². The number of fused-ring (bicyclic) bond motifs is 1. The minimum atomic E-state index is -1.41. The molecule has 1 aliphatic heterocycles. The number of anilines is 1. The summed E-state index contributed by atoms with van der Waals surface area (Å²) in [6.45, 7) is 6.54. The second-order valence-corrected chi connectivity index (χ2v) is 9.36. The Balaban J connectivity index is 1.58. The van der Waals surface area contributed by atoms with Gasteiger partial charge in [-0.1, -0.05) is 29.3 Å². The highest BCUT2D eigenvalue weighted by Crippen LogP contribution is 2.33. The first-order valence-corrected chi connectivity index (χ1v) is 12.0. The normalized spacial score (nSPS) is 21.4. The van der Waals surface area contributed by atoms with Crippen molar-refractivity contribution in [3.05, 3.63) is 65.2 Å². The predicted octanol–water partition coefficient (Wildman–Crippen LogP) is 1.79. The van der Waals surface area contributed by atoms with Crippen LogP contribution in [0.3, 0.4) is 0 Å². The number of benzene rings is 1. The molecule has 0 saturated carbocycles. The van der Waals surface area contributed by atoms with Crippen LogP contribution in [-0.4, -0.2) is 66.0 Å². The minimum absolute atomic E-state index is 0.378. The number of hydrogen-bond acceptors (Lipinski definition) is 9. The zero-order chi connectivity index (χ0) is 26.3. The average molecular weight is 504 g/mol. The van der Waals surface area contributed by atoms with E-state index in [1.165, 1.54) is 17.9 Å². The van der Waals surface area contributed by atoms with Gasteiger partial charge in [-0.3, -0.25) is 14.3 Å². The third kappa shape index (κ3) is 4.76. The van der Waals surface area contributed by atoms with Crippen LogP contribution < -0.4 is 10.6 Å². The lowest BCUT2D eigenvalue weighted by atomic mass is 10.1. The number of likely N-dealkylation sites (N-methyl/N-ethyl adjacent to an activating group) is 1. The number of pyridine rings is 1. The number of nitrogens with zero attached hydrogens (tertiary/aromatic N) is 5. The smallest absolute Gasteiger partial charge is 0.251 e. The second kappa shape index (κ2) is 9.85. The summed E-state index contributed by atoms with van der Waals surface area (Å²) >= 11 is 0. The second-order valence-electron chi connectivity index (χ2n) is 9.36. The molecule has 4 N–H and O–H groups in total. The first-order chi connectivity index (χ1) is 17.7. The van der Waals surface area contributed by atoms with E-state index in [-0.39, 0.29) is 0 Å². The molecule has 1 aromatic carbocycles. The molecule has 0 aliphatic carbocycles. The molecule has 11 heteroatoms. The Hall–Kier alpha value is -3.93. The molecule has 3 aromatic heterocycles.